The van der Waals surface area contributed by atoms with Crippen LogP contribution in [0.25, 0.3) is 0 Å². The Kier molecular flexibility index (Phi) is 5.78. The minimum Gasteiger partial charge on any atom is -0.472 e. The van der Waals surface area contributed by atoms with Crippen molar-refractivity contribution in [1.29, 1.82) is 0 Å². The highest BCUT2D eigenvalue weighted by Gasteiger charge is 2.40. The fourth-order valence-corrected chi connectivity index (χ4v) is 4.18. The van der Waals surface area contributed by atoms with Gasteiger partial charge in [0, 0.05) is 38.6 Å². The van der Waals surface area contributed by atoms with E-state index in [0.717, 1.165) is 45.6 Å². The van der Waals surface area contributed by atoms with E-state index in [9.17, 15) is 9.59 Å². The number of furan rings is 1. The number of carbonyl (C=O) groups is 2. The van der Waals surface area contributed by atoms with Gasteiger partial charge < -0.3 is 19.1 Å². The van der Waals surface area contributed by atoms with Crippen LogP contribution in [-0.4, -0.2) is 71.8 Å². The van der Waals surface area contributed by atoms with Crippen molar-refractivity contribution in [1.82, 2.24) is 14.7 Å². The van der Waals surface area contributed by atoms with E-state index in [0.29, 0.717) is 24.4 Å². The third kappa shape index (κ3) is 3.89. The molecular formula is C19H29N3O3. The zero-order valence-corrected chi connectivity index (χ0v) is 15.3. The minimum absolute atomic E-state index is 0.0405. The zero-order valence-electron chi connectivity index (χ0n) is 15.3. The first-order chi connectivity index (χ1) is 12.1. The summed E-state index contributed by atoms with van der Waals surface area (Å²) in [5, 5.41) is 0. The Labute approximate surface area is 149 Å². The summed E-state index contributed by atoms with van der Waals surface area (Å²) >= 11 is 0. The van der Waals surface area contributed by atoms with Gasteiger partial charge in [0.25, 0.3) is 5.91 Å². The predicted octanol–water partition coefficient (Wildman–Crippen LogP) is 2.07. The third-order valence-corrected chi connectivity index (χ3v) is 5.75. The Morgan fingerprint density at radius 3 is 2.80 bits per heavy atom. The topological polar surface area (TPSA) is 57.0 Å². The van der Waals surface area contributed by atoms with E-state index in [1.807, 2.05) is 4.90 Å². The van der Waals surface area contributed by atoms with Crippen LogP contribution in [0.2, 0.25) is 0 Å². The summed E-state index contributed by atoms with van der Waals surface area (Å²) in [6.45, 7) is 9.52. The molecule has 1 aromatic rings. The van der Waals surface area contributed by atoms with Crippen LogP contribution in [0.5, 0.6) is 0 Å². The lowest BCUT2D eigenvalue weighted by atomic mass is 9.83. The standard InChI is InChI=1S/C19H29N3O3/c1-3-20(4-2)10-11-22-17-7-9-21(13-15(17)5-6-18(22)23)19(24)16-8-12-25-14-16/h8,12,14-15,17H,3-7,9-11,13H2,1-2H3/t15-,17+/m1/s1. The molecule has 138 valence electrons. The van der Waals surface area contributed by atoms with E-state index in [1.165, 1.54) is 12.5 Å². The molecule has 0 spiro atoms. The van der Waals surface area contributed by atoms with Gasteiger partial charge in [-0.1, -0.05) is 13.8 Å². The lowest BCUT2D eigenvalue weighted by Crippen LogP contribution is -2.58. The molecule has 3 heterocycles. The number of carbonyl (C=O) groups excluding carboxylic acids is 2. The molecule has 0 bridgehead atoms. The molecule has 3 rings (SSSR count). The summed E-state index contributed by atoms with van der Waals surface area (Å²) in [5.41, 5.74) is 0.615. The van der Waals surface area contributed by atoms with E-state index >= 15 is 0 Å². The molecule has 6 nitrogen and oxygen atoms in total. The van der Waals surface area contributed by atoms with Gasteiger partial charge in [-0.25, -0.2) is 0 Å². The number of rotatable bonds is 6. The molecule has 0 N–H and O–H groups in total. The molecule has 0 aliphatic carbocycles. The van der Waals surface area contributed by atoms with Gasteiger partial charge >= 0.3 is 0 Å². The lowest BCUT2D eigenvalue weighted by molar-refractivity contribution is -0.140. The number of piperidine rings is 2. The number of likely N-dealkylation sites (N-methyl/N-ethyl adjacent to an activating group) is 1. The number of hydrogen-bond donors (Lipinski definition) is 0. The second kappa shape index (κ2) is 8.04. The first-order valence-corrected chi connectivity index (χ1v) is 9.47. The van der Waals surface area contributed by atoms with Crippen molar-refractivity contribution < 1.29 is 14.0 Å². The molecule has 0 saturated carbocycles. The predicted molar refractivity (Wildman–Crippen MR) is 95.2 cm³/mol. The van der Waals surface area contributed by atoms with Crippen LogP contribution >= 0.6 is 0 Å². The smallest absolute Gasteiger partial charge is 0.257 e. The Morgan fingerprint density at radius 1 is 1.32 bits per heavy atom. The van der Waals surface area contributed by atoms with Crippen molar-refractivity contribution in [3.8, 4) is 0 Å². The molecule has 2 aliphatic rings. The highest BCUT2D eigenvalue weighted by Crippen LogP contribution is 2.31. The first kappa shape index (κ1) is 18.0. The maximum absolute atomic E-state index is 12.6. The van der Waals surface area contributed by atoms with Crippen molar-refractivity contribution in [3.63, 3.8) is 0 Å². The minimum atomic E-state index is 0.0405. The van der Waals surface area contributed by atoms with Crippen molar-refractivity contribution in [2.24, 2.45) is 5.92 Å². The summed E-state index contributed by atoms with van der Waals surface area (Å²) in [5.74, 6) is 0.709. The van der Waals surface area contributed by atoms with Gasteiger partial charge in [0.2, 0.25) is 5.91 Å². The fraction of sp³-hybridized carbons (Fsp3) is 0.684. The summed E-state index contributed by atoms with van der Waals surface area (Å²) in [4.78, 5) is 31.4. The summed E-state index contributed by atoms with van der Waals surface area (Å²) in [6.07, 6.45) is 5.41. The highest BCUT2D eigenvalue weighted by atomic mass is 16.3. The van der Waals surface area contributed by atoms with Crippen LogP contribution in [0.15, 0.2) is 23.0 Å². The third-order valence-electron chi connectivity index (χ3n) is 5.75. The Bertz CT molecular complexity index is 583. The van der Waals surface area contributed by atoms with Crippen molar-refractivity contribution in [2.45, 2.75) is 39.2 Å². The van der Waals surface area contributed by atoms with Gasteiger partial charge in [0.1, 0.15) is 6.26 Å². The number of hydrogen-bond acceptors (Lipinski definition) is 4. The molecule has 2 fully saturated rings. The van der Waals surface area contributed by atoms with Crippen LogP contribution in [0.3, 0.4) is 0 Å². The van der Waals surface area contributed by atoms with E-state index in [-0.39, 0.29) is 17.9 Å². The number of likely N-dealkylation sites (tertiary alicyclic amines) is 2. The maximum atomic E-state index is 12.6. The summed E-state index contributed by atoms with van der Waals surface area (Å²) in [6, 6.07) is 2.00. The molecule has 25 heavy (non-hydrogen) atoms. The van der Waals surface area contributed by atoms with E-state index in [1.54, 1.807) is 6.07 Å². The second-order valence-electron chi connectivity index (χ2n) is 7.03. The molecule has 0 aromatic carbocycles. The monoisotopic (exact) mass is 347 g/mol. The van der Waals surface area contributed by atoms with Gasteiger partial charge in [-0.3, -0.25) is 9.59 Å². The van der Waals surface area contributed by atoms with Crippen LogP contribution in [0.1, 0.15) is 43.5 Å². The summed E-state index contributed by atoms with van der Waals surface area (Å²) in [7, 11) is 0. The van der Waals surface area contributed by atoms with Gasteiger partial charge in [-0.15, -0.1) is 0 Å². The van der Waals surface area contributed by atoms with E-state index in [4.69, 9.17) is 4.42 Å². The normalized spacial score (nSPS) is 23.9. The van der Waals surface area contributed by atoms with Crippen LogP contribution in [-0.2, 0) is 4.79 Å². The Morgan fingerprint density at radius 2 is 2.12 bits per heavy atom. The number of amides is 2. The molecule has 2 amide bonds. The zero-order chi connectivity index (χ0) is 17.8. The molecule has 6 heteroatoms. The number of nitrogens with zero attached hydrogens (tertiary/aromatic N) is 3. The molecule has 0 radical (unpaired) electrons. The molecule has 1 aromatic heterocycles. The molecule has 2 aliphatic heterocycles. The van der Waals surface area contributed by atoms with Crippen molar-refractivity contribution >= 4 is 11.8 Å². The first-order valence-electron chi connectivity index (χ1n) is 9.47. The van der Waals surface area contributed by atoms with Crippen molar-refractivity contribution in [3.05, 3.63) is 24.2 Å². The maximum Gasteiger partial charge on any atom is 0.257 e. The fourth-order valence-electron chi connectivity index (χ4n) is 4.18. The van der Waals surface area contributed by atoms with E-state index in [2.05, 4.69) is 23.6 Å². The second-order valence-corrected chi connectivity index (χ2v) is 7.03. The highest BCUT2D eigenvalue weighted by molar-refractivity contribution is 5.94. The average Bonchev–Trinajstić information content (AvgIpc) is 3.17. The molecule has 2 saturated heterocycles. The Hall–Kier alpha value is -1.82. The SMILES string of the molecule is CCN(CC)CCN1C(=O)CC[C@@H]2CN(C(=O)c3ccoc3)CC[C@@H]21. The molecule has 2 atom stereocenters. The van der Waals surface area contributed by atoms with Gasteiger partial charge in [0.15, 0.2) is 0 Å². The number of fused-ring (bicyclic) bond motifs is 1. The lowest BCUT2D eigenvalue weighted by Gasteiger charge is -2.47. The van der Waals surface area contributed by atoms with Gasteiger partial charge in [-0.2, -0.15) is 0 Å². The van der Waals surface area contributed by atoms with Crippen LogP contribution in [0.4, 0.5) is 0 Å². The van der Waals surface area contributed by atoms with E-state index < -0.39 is 0 Å². The van der Waals surface area contributed by atoms with Crippen molar-refractivity contribution in [2.75, 3.05) is 39.3 Å². The van der Waals surface area contributed by atoms with Crippen LogP contribution < -0.4 is 0 Å². The summed E-state index contributed by atoms with van der Waals surface area (Å²) < 4.78 is 5.03. The van der Waals surface area contributed by atoms with Crippen LogP contribution in [0, 0.1) is 5.92 Å². The Balaban J connectivity index is 1.62. The van der Waals surface area contributed by atoms with Gasteiger partial charge in [-0.05, 0) is 37.9 Å². The molecule has 0 unspecified atom stereocenters. The quantitative estimate of drug-likeness (QED) is 0.790. The molecular weight excluding hydrogens is 318 g/mol. The largest absolute Gasteiger partial charge is 0.472 e. The average molecular weight is 347 g/mol. The van der Waals surface area contributed by atoms with Gasteiger partial charge in [0.05, 0.1) is 11.8 Å².